The lowest BCUT2D eigenvalue weighted by molar-refractivity contribution is -0.131. The van der Waals surface area contributed by atoms with Gasteiger partial charge in [-0.1, -0.05) is 24.3 Å². The molecule has 1 fully saturated rings. The number of amides is 3. The van der Waals surface area contributed by atoms with Gasteiger partial charge in [-0.3, -0.25) is 19.3 Å². The number of imide groups is 1. The molecule has 1 saturated heterocycles. The SMILES string of the molecule is CCOc1ccccc1N1CCN(C(=O)CN2C(=O)c3ccccc3C2=O)CC1. The molecule has 0 bridgehead atoms. The number of anilines is 1. The molecule has 0 aromatic heterocycles. The lowest BCUT2D eigenvalue weighted by atomic mass is 10.1. The normalized spacial score (nSPS) is 16.2. The number of nitrogens with zero attached hydrogens (tertiary/aromatic N) is 3. The van der Waals surface area contributed by atoms with Crippen molar-refractivity contribution in [3.05, 3.63) is 59.7 Å². The van der Waals surface area contributed by atoms with Crippen molar-refractivity contribution in [2.75, 3.05) is 44.2 Å². The second kappa shape index (κ2) is 7.95. The van der Waals surface area contributed by atoms with Crippen LogP contribution >= 0.6 is 0 Å². The first-order valence-electron chi connectivity index (χ1n) is 9.80. The molecule has 2 aromatic carbocycles. The zero-order valence-electron chi connectivity index (χ0n) is 16.3. The molecule has 0 radical (unpaired) electrons. The Kier molecular flexibility index (Phi) is 5.20. The zero-order chi connectivity index (χ0) is 20.4. The number of rotatable bonds is 5. The molecule has 4 rings (SSSR count). The highest BCUT2D eigenvalue weighted by atomic mass is 16.5. The maximum Gasteiger partial charge on any atom is 0.262 e. The average molecular weight is 393 g/mol. The van der Waals surface area contributed by atoms with E-state index >= 15 is 0 Å². The Balaban J connectivity index is 1.38. The van der Waals surface area contributed by atoms with Gasteiger partial charge in [-0.05, 0) is 31.2 Å². The molecule has 2 aromatic rings. The zero-order valence-corrected chi connectivity index (χ0v) is 16.3. The van der Waals surface area contributed by atoms with Crippen LogP contribution in [-0.4, -0.2) is 66.9 Å². The predicted octanol–water partition coefficient (Wildman–Crippen LogP) is 2.03. The van der Waals surface area contributed by atoms with Crippen molar-refractivity contribution < 1.29 is 19.1 Å². The molecule has 29 heavy (non-hydrogen) atoms. The molecule has 0 saturated carbocycles. The van der Waals surface area contributed by atoms with Crippen LogP contribution in [0.3, 0.4) is 0 Å². The molecule has 2 aliphatic rings. The Morgan fingerprint density at radius 2 is 1.48 bits per heavy atom. The lowest BCUT2D eigenvalue weighted by Crippen LogP contribution is -2.52. The van der Waals surface area contributed by atoms with Gasteiger partial charge in [0.05, 0.1) is 23.4 Å². The molecule has 0 spiro atoms. The highest BCUT2D eigenvalue weighted by molar-refractivity contribution is 6.22. The maximum absolute atomic E-state index is 12.7. The van der Waals surface area contributed by atoms with E-state index in [0.717, 1.165) is 16.3 Å². The van der Waals surface area contributed by atoms with Gasteiger partial charge in [-0.2, -0.15) is 0 Å². The number of hydrogen-bond acceptors (Lipinski definition) is 5. The quantitative estimate of drug-likeness (QED) is 0.727. The number of carbonyl (C=O) groups is 3. The van der Waals surface area contributed by atoms with Gasteiger partial charge >= 0.3 is 0 Å². The van der Waals surface area contributed by atoms with Gasteiger partial charge in [0, 0.05) is 26.2 Å². The molecule has 0 atom stereocenters. The molecule has 0 unspecified atom stereocenters. The second-order valence-corrected chi connectivity index (χ2v) is 7.01. The van der Waals surface area contributed by atoms with Gasteiger partial charge in [0.1, 0.15) is 12.3 Å². The third kappa shape index (κ3) is 3.55. The van der Waals surface area contributed by atoms with Gasteiger partial charge in [-0.25, -0.2) is 0 Å². The van der Waals surface area contributed by atoms with Crippen molar-refractivity contribution in [1.82, 2.24) is 9.80 Å². The van der Waals surface area contributed by atoms with E-state index in [1.165, 1.54) is 0 Å². The minimum atomic E-state index is -0.400. The van der Waals surface area contributed by atoms with Gasteiger partial charge in [0.15, 0.2) is 0 Å². The fourth-order valence-electron chi connectivity index (χ4n) is 3.81. The number of piperazine rings is 1. The van der Waals surface area contributed by atoms with Crippen LogP contribution in [0, 0.1) is 0 Å². The summed E-state index contributed by atoms with van der Waals surface area (Å²) in [5.74, 6) is -0.176. The third-order valence-electron chi connectivity index (χ3n) is 5.31. The average Bonchev–Trinajstić information content (AvgIpc) is 3.00. The molecule has 3 amide bonds. The predicted molar refractivity (Wildman–Crippen MR) is 108 cm³/mol. The monoisotopic (exact) mass is 393 g/mol. The number of carbonyl (C=O) groups excluding carboxylic acids is 3. The fourth-order valence-corrected chi connectivity index (χ4v) is 3.81. The number of para-hydroxylation sites is 2. The van der Waals surface area contributed by atoms with Crippen molar-refractivity contribution in [1.29, 1.82) is 0 Å². The summed E-state index contributed by atoms with van der Waals surface area (Å²) in [5.41, 5.74) is 1.74. The summed E-state index contributed by atoms with van der Waals surface area (Å²) in [7, 11) is 0. The van der Waals surface area contributed by atoms with Gasteiger partial charge in [-0.15, -0.1) is 0 Å². The van der Waals surface area contributed by atoms with Crippen LogP contribution in [0.15, 0.2) is 48.5 Å². The van der Waals surface area contributed by atoms with Crippen LogP contribution in [0.1, 0.15) is 27.6 Å². The van der Waals surface area contributed by atoms with E-state index in [1.54, 1.807) is 29.2 Å². The number of hydrogen-bond donors (Lipinski definition) is 0. The maximum atomic E-state index is 12.7. The standard InChI is InChI=1S/C22H23N3O4/c1-2-29-19-10-6-5-9-18(19)23-11-13-24(14-12-23)20(26)15-25-21(27)16-7-3-4-8-17(16)22(25)28/h3-10H,2,11-15H2,1H3. The van der Waals surface area contributed by atoms with Crippen molar-refractivity contribution in [2.45, 2.75) is 6.92 Å². The van der Waals surface area contributed by atoms with Crippen LogP contribution in [0.25, 0.3) is 0 Å². The minimum absolute atomic E-state index is 0.211. The van der Waals surface area contributed by atoms with E-state index < -0.39 is 11.8 Å². The van der Waals surface area contributed by atoms with Crippen LogP contribution in [0.5, 0.6) is 5.75 Å². The highest BCUT2D eigenvalue weighted by Gasteiger charge is 2.37. The molecule has 0 N–H and O–H groups in total. The first-order valence-corrected chi connectivity index (χ1v) is 9.80. The van der Waals surface area contributed by atoms with Crippen LogP contribution in [0.4, 0.5) is 5.69 Å². The Morgan fingerprint density at radius 1 is 0.897 bits per heavy atom. The largest absolute Gasteiger partial charge is 0.492 e. The Hall–Kier alpha value is -3.35. The summed E-state index contributed by atoms with van der Waals surface area (Å²) in [6.07, 6.45) is 0. The molecular formula is C22H23N3O4. The summed E-state index contributed by atoms with van der Waals surface area (Å²) in [5, 5.41) is 0. The summed E-state index contributed by atoms with van der Waals surface area (Å²) in [6, 6.07) is 14.5. The van der Waals surface area contributed by atoms with E-state index in [2.05, 4.69) is 4.90 Å². The number of ether oxygens (including phenoxy) is 1. The van der Waals surface area contributed by atoms with Crippen LogP contribution < -0.4 is 9.64 Å². The third-order valence-corrected chi connectivity index (χ3v) is 5.31. The lowest BCUT2D eigenvalue weighted by Gasteiger charge is -2.37. The molecule has 7 nitrogen and oxygen atoms in total. The van der Waals surface area contributed by atoms with Gasteiger partial charge in [0.2, 0.25) is 5.91 Å². The fraction of sp³-hybridized carbons (Fsp3) is 0.318. The summed E-state index contributed by atoms with van der Waals surface area (Å²) in [6.45, 7) is 4.71. The van der Waals surface area contributed by atoms with Gasteiger partial charge in [0.25, 0.3) is 11.8 Å². The van der Waals surface area contributed by atoms with E-state index in [4.69, 9.17) is 4.74 Å². The van der Waals surface area contributed by atoms with Crippen LogP contribution in [-0.2, 0) is 4.79 Å². The van der Waals surface area contributed by atoms with Crippen LogP contribution in [0.2, 0.25) is 0 Å². The van der Waals surface area contributed by atoms with Gasteiger partial charge < -0.3 is 14.5 Å². The summed E-state index contributed by atoms with van der Waals surface area (Å²) >= 11 is 0. The molecule has 0 aliphatic carbocycles. The minimum Gasteiger partial charge on any atom is -0.492 e. The highest BCUT2D eigenvalue weighted by Crippen LogP contribution is 2.29. The van der Waals surface area contributed by atoms with Crippen molar-refractivity contribution in [2.24, 2.45) is 0 Å². The van der Waals surface area contributed by atoms with E-state index in [9.17, 15) is 14.4 Å². The first-order chi connectivity index (χ1) is 14.1. The molecule has 2 heterocycles. The van der Waals surface area contributed by atoms with Crippen molar-refractivity contribution >= 4 is 23.4 Å². The number of benzene rings is 2. The smallest absolute Gasteiger partial charge is 0.262 e. The first kappa shape index (κ1) is 19.0. The van der Waals surface area contributed by atoms with E-state index in [1.807, 2.05) is 31.2 Å². The van der Waals surface area contributed by atoms with Crippen molar-refractivity contribution in [3.8, 4) is 5.75 Å². The van der Waals surface area contributed by atoms with Crippen molar-refractivity contribution in [3.63, 3.8) is 0 Å². The second-order valence-electron chi connectivity index (χ2n) is 7.01. The number of fused-ring (bicyclic) bond motifs is 1. The Bertz CT molecular complexity index is 916. The molecule has 2 aliphatic heterocycles. The van der Waals surface area contributed by atoms with E-state index in [-0.39, 0.29) is 12.5 Å². The molecule has 7 heteroatoms. The molecular weight excluding hydrogens is 370 g/mol. The summed E-state index contributed by atoms with van der Waals surface area (Å²) in [4.78, 5) is 42.6. The Labute approximate surface area is 169 Å². The summed E-state index contributed by atoms with van der Waals surface area (Å²) < 4.78 is 5.70. The topological polar surface area (TPSA) is 70.2 Å². The van der Waals surface area contributed by atoms with E-state index in [0.29, 0.717) is 43.9 Å². The Morgan fingerprint density at radius 3 is 2.10 bits per heavy atom. The molecule has 150 valence electrons.